The molecule has 0 unspecified atom stereocenters. The summed E-state index contributed by atoms with van der Waals surface area (Å²) in [6.07, 6.45) is -4.38. The van der Waals surface area contributed by atoms with E-state index < -0.39 is 17.7 Å². The number of thiophene rings is 1. The number of piperazine rings is 1. The molecule has 5 nitrogen and oxygen atoms in total. The normalized spacial score (nSPS) is 14.1. The smallest absolute Gasteiger partial charge is 0.416 e. The monoisotopic (exact) mass is 519 g/mol. The number of hydrogen-bond donors (Lipinski definition) is 1. The standard InChI is InChI=1S/C25H24F3N3O2S2/c1-2-33-23(32)20-16-21(17-7-4-3-5-8-17)35-22(20)29-24(34)31-13-11-30(12-14-31)19-10-6-9-18(15-19)25(26,27)28/h3-10,15-16H,2,11-14H2,1H3,(H,29,34). The summed E-state index contributed by atoms with van der Waals surface area (Å²) in [5.74, 6) is -0.425. The van der Waals surface area contributed by atoms with Gasteiger partial charge in [-0.05, 0) is 49.0 Å². The minimum Gasteiger partial charge on any atom is -0.462 e. The van der Waals surface area contributed by atoms with Crippen LogP contribution in [0.5, 0.6) is 0 Å². The van der Waals surface area contributed by atoms with E-state index in [0.29, 0.717) is 47.5 Å². The van der Waals surface area contributed by atoms with Crippen molar-refractivity contribution < 1.29 is 22.7 Å². The van der Waals surface area contributed by atoms with Crippen LogP contribution in [0, 0.1) is 0 Å². The molecule has 0 saturated carbocycles. The molecular formula is C25H24F3N3O2S2. The zero-order valence-electron chi connectivity index (χ0n) is 19.0. The second-order valence-electron chi connectivity index (χ2n) is 7.89. The van der Waals surface area contributed by atoms with E-state index >= 15 is 0 Å². The number of esters is 1. The first-order valence-corrected chi connectivity index (χ1v) is 12.3. The largest absolute Gasteiger partial charge is 0.462 e. The molecule has 1 N–H and O–H groups in total. The Kier molecular flexibility index (Phi) is 7.61. The Morgan fingerprint density at radius 3 is 2.43 bits per heavy atom. The Bertz CT molecular complexity index is 1190. The predicted molar refractivity (Wildman–Crippen MR) is 137 cm³/mol. The second-order valence-corrected chi connectivity index (χ2v) is 9.33. The summed E-state index contributed by atoms with van der Waals surface area (Å²) >= 11 is 7.04. The van der Waals surface area contributed by atoms with Crippen molar-refractivity contribution in [1.29, 1.82) is 0 Å². The van der Waals surface area contributed by atoms with Crippen molar-refractivity contribution in [1.82, 2.24) is 4.90 Å². The van der Waals surface area contributed by atoms with E-state index in [1.54, 1.807) is 19.1 Å². The average Bonchev–Trinajstić information content (AvgIpc) is 3.28. The van der Waals surface area contributed by atoms with E-state index in [2.05, 4.69) is 5.32 Å². The lowest BCUT2D eigenvalue weighted by atomic mass is 10.1. The van der Waals surface area contributed by atoms with Gasteiger partial charge in [0, 0.05) is 36.7 Å². The molecule has 0 radical (unpaired) electrons. The van der Waals surface area contributed by atoms with Gasteiger partial charge in [-0.1, -0.05) is 36.4 Å². The molecule has 2 aromatic carbocycles. The Morgan fingerprint density at radius 2 is 1.77 bits per heavy atom. The third kappa shape index (κ3) is 5.94. The summed E-state index contributed by atoms with van der Waals surface area (Å²) in [7, 11) is 0. The molecule has 1 aromatic heterocycles. The van der Waals surface area contributed by atoms with Crippen molar-refractivity contribution in [3.05, 3.63) is 71.8 Å². The zero-order valence-corrected chi connectivity index (χ0v) is 20.6. The van der Waals surface area contributed by atoms with Crippen LogP contribution in [0.1, 0.15) is 22.8 Å². The molecule has 0 atom stereocenters. The molecule has 3 aromatic rings. The SMILES string of the molecule is CCOC(=O)c1cc(-c2ccccc2)sc1NC(=S)N1CCN(c2cccc(C(F)(F)F)c2)CC1. The van der Waals surface area contributed by atoms with E-state index in [4.69, 9.17) is 17.0 Å². The number of hydrogen-bond acceptors (Lipinski definition) is 5. The quantitative estimate of drug-likeness (QED) is 0.323. The lowest BCUT2D eigenvalue weighted by molar-refractivity contribution is -0.137. The molecule has 0 aliphatic carbocycles. The number of carbonyl (C=O) groups excluding carboxylic acids is 1. The van der Waals surface area contributed by atoms with E-state index in [0.717, 1.165) is 16.5 Å². The lowest BCUT2D eigenvalue weighted by Gasteiger charge is -2.37. The average molecular weight is 520 g/mol. The number of nitrogens with zero attached hydrogens (tertiary/aromatic N) is 2. The van der Waals surface area contributed by atoms with E-state index in [9.17, 15) is 18.0 Å². The fourth-order valence-corrected chi connectivity index (χ4v) is 5.21. The van der Waals surface area contributed by atoms with Crippen molar-refractivity contribution in [3.8, 4) is 10.4 Å². The van der Waals surface area contributed by atoms with Crippen LogP contribution in [0.4, 0.5) is 23.9 Å². The van der Waals surface area contributed by atoms with Crippen molar-refractivity contribution in [2.75, 3.05) is 43.0 Å². The van der Waals surface area contributed by atoms with Gasteiger partial charge in [0.2, 0.25) is 0 Å². The lowest BCUT2D eigenvalue weighted by Crippen LogP contribution is -2.50. The van der Waals surface area contributed by atoms with Crippen molar-refractivity contribution in [3.63, 3.8) is 0 Å². The predicted octanol–water partition coefficient (Wildman–Crippen LogP) is 6.13. The van der Waals surface area contributed by atoms with Crippen molar-refractivity contribution >= 4 is 45.3 Å². The highest BCUT2D eigenvalue weighted by molar-refractivity contribution is 7.80. The molecule has 1 fully saturated rings. The van der Waals surface area contributed by atoms with E-state index in [1.807, 2.05) is 40.1 Å². The topological polar surface area (TPSA) is 44.8 Å². The fourth-order valence-electron chi connectivity index (χ4n) is 3.81. The first-order chi connectivity index (χ1) is 16.8. The molecule has 0 spiro atoms. The minimum absolute atomic E-state index is 0.261. The summed E-state index contributed by atoms with van der Waals surface area (Å²) in [5.41, 5.74) is 1.28. The van der Waals surface area contributed by atoms with Gasteiger partial charge in [0.05, 0.1) is 17.7 Å². The second kappa shape index (κ2) is 10.7. The van der Waals surface area contributed by atoms with Gasteiger partial charge >= 0.3 is 12.1 Å². The van der Waals surface area contributed by atoms with Crippen molar-refractivity contribution in [2.45, 2.75) is 13.1 Å². The summed E-state index contributed by atoms with van der Waals surface area (Å²) < 4.78 is 44.4. The van der Waals surface area contributed by atoms with Gasteiger partial charge in [0.15, 0.2) is 5.11 Å². The van der Waals surface area contributed by atoms with Crippen LogP contribution in [0.15, 0.2) is 60.7 Å². The van der Waals surface area contributed by atoms with Gasteiger partial charge in [0.1, 0.15) is 5.00 Å². The number of halogens is 3. The Hall–Kier alpha value is -3.11. The molecule has 184 valence electrons. The van der Waals surface area contributed by atoms with Crippen LogP contribution in [0.3, 0.4) is 0 Å². The fraction of sp³-hybridized carbons (Fsp3) is 0.280. The number of thiocarbonyl (C=S) groups is 1. The number of benzene rings is 2. The molecular weight excluding hydrogens is 495 g/mol. The van der Waals surface area contributed by atoms with Crippen LogP contribution < -0.4 is 10.2 Å². The summed E-state index contributed by atoms with van der Waals surface area (Å²) in [6, 6.07) is 16.9. The van der Waals surface area contributed by atoms with Crippen LogP contribution in [0.2, 0.25) is 0 Å². The molecule has 10 heteroatoms. The number of rotatable bonds is 5. The molecule has 35 heavy (non-hydrogen) atoms. The number of nitrogens with one attached hydrogen (secondary N) is 1. The zero-order chi connectivity index (χ0) is 25.0. The molecule has 1 aliphatic heterocycles. The third-order valence-electron chi connectivity index (χ3n) is 5.61. The molecule has 1 saturated heterocycles. The Balaban J connectivity index is 1.45. The van der Waals surface area contributed by atoms with Crippen molar-refractivity contribution in [2.24, 2.45) is 0 Å². The minimum atomic E-state index is -4.38. The van der Waals surface area contributed by atoms with E-state index in [1.165, 1.54) is 23.5 Å². The van der Waals surface area contributed by atoms with E-state index in [-0.39, 0.29) is 6.61 Å². The molecule has 0 amide bonds. The maximum atomic E-state index is 13.1. The van der Waals surface area contributed by atoms with Gasteiger partial charge in [-0.25, -0.2) is 4.79 Å². The summed E-state index contributed by atoms with van der Waals surface area (Å²) in [6.45, 7) is 4.13. The maximum absolute atomic E-state index is 13.1. The number of anilines is 2. The summed E-state index contributed by atoms with van der Waals surface area (Å²) in [4.78, 5) is 17.3. The molecule has 0 bridgehead atoms. The first-order valence-electron chi connectivity index (χ1n) is 11.1. The summed E-state index contributed by atoms with van der Waals surface area (Å²) in [5, 5.41) is 4.26. The molecule has 1 aliphatic rings. The van der Waals surface area contributed by atoms with Gasteiger partial charge in [0.25, 0.3) is 0 Å². The first kappa shape index (κ1) is 25.0. The van der Waals surface area contributed by atoms with Crippen LogP contribution in [0.25, 0.3) is 10.4 Å². The third-order valence-corrected chi connectivity index (χ3v) is 7.07. The van der Waals surface area contributed by atoms with Gasteiger partial charge in [-0.2, -0.15) is 13.2 Å². The highest BCUT2D eigenvalue weighted by Crippen LogP contribution is 2.36. The van der Waals surface area contributed by atoms with Crippen LogP contribution in [-0.2, 0) is 10.9 Å². The number of ether oxygens (including phenoxy) is 1. The number of carbonyl (C=O) groups is 1. The molecule has 2 heterocycles. The van der Waals surface area contributed by atoms with Gasteiger partial charge in [-0.15, -0.1) is 11.3 Å². The van der Waals surface area contributed by atoms with Gasteiger partial charge < -0.3 is 19.9 Å². The molecule has 4 rings (SSSR count). The maximum Gasteiger partial charge on any atom is 0.416 e. The highest BCUT2D eigenvalue weighted by Gasteiger charge is 2.31. The van der Waals surface area contributed by atoms with Crippen LogP contribution in [-0.4, -0.2) is 48.8 Å². The van der Waals surface area contributed by atoms with Gasteiger partial charge in [-0.3, -0.25) is 0 Å². The highest BCUT2D eigenvalue weighted by atomic mass is 32.1. The number of alkyl halides is 3. The Morgan fingerprint density at radius 1 is 1.06 bits per heavy atom. The Labute approximate surface area is 211 Å². The van der Waals surface area contributed by atoms with Crippen LogP contribution >= 0.6 is 23.6 Å².